The molecule has 2 nitrogen and oxygen atoms in total. The summed E-state index contributed by atoms with van der Waals surface area (Å²) in [5, 5.41) is 8.33. The molecule has 3 heteroatoms. The quantitative estimate of drug-likeness (QED) is 0.626. The van der Waals surface area contributed by atoms with Crippen LogP contribution in [0.15, 0.2) is 0 Å². The first-order chi connectivity index (χ1) is 6.36. The molecule has 0 aromatic carbocycles. The molecule has 0 bridgehead atoms. The van der Waals surface area contributed by atoms with Gasteiger partial charge in [0.25, 0.3) is 0 Å². The summed E-state index contributed by atoms with van der Waals surface area (Å²) in [5.74, 6) is 0.838. The van der Waals surface area contributed by atoms with E-state index in [0.717, 1.165) is 12.5 Å². The molecule has 1 aliphatic heterocycles. The van der Waals surface area contributed by atoms with Gasteiger partial charge in [-0.1, -0.05) is 32.6 Å². The molecule has 2 rings (SSSR count). The summed E-state index contributed by atoms with van der Waals surface area (Å²) in [6.45, 7) is 4.60. The maximum absolute atomic E-state index is 4.79. The van der Waals surface area contributed by atoms with E-state index in [4.69, 9.17) is 5.32 Å². The fourth-order valence-electron chi connectivity index (χ4n) is 2.49. The van der Waals surface area contributed by atoms with Crippen LogP contribution in [0.1, 0.15) is 39.0 Å². The van der Waals surface area contributed by atoms with E-state index in [1.54, 1.807) is 0 Å². The van der Waals surface area contributed by atoms with Crippen molar-refractivity contribution in [2.45, 2.75) is 51.1 Å². The van der Waals surface area contributed by atoms with Crippen molar-refractivity contribution in [3.05, 3.63) is 5.32 Å². The molecule has 2 atom stereocenters. The number of hydrogen-bond acceptors (Lipinski definition) is 1. The van der Waals surface area contributed by atoms with Crippen LogP contribution in [0, 0.1) is 5.92 Å². The smallest absolute Gasteiger partial charge is 0.658 e. The van der Waals surface area contributed by atoms with Crippen LogP contribution in [-0.4, -0.2) is 25.2 Å². The van der Waals surface area contributed by atoms with E-state index >= 15 is 0 Å². The number of nitrogens with one attached hydrogen (secondary N) is 1. The zero-order valence-corrected chi connectivity index (χ0v) is 12.8. The van der Waals surface area contributed by atoms with E-state index in [2.05, 4.69) is 12.2 Å². The van der Waals surface area contributed by atoms with Crippen LogP contribution < -0.4 is 56.7 Å². The summed E-state index contributed by atoms with van der Waals surface area (Å²) in [7, 11) is 0. The van der Waals surface area contributed by atoms with Gasteiger partial charge in [0, 0.05) is 0 Å². The largest absolute Gasteiger partial charge is 1.00 e. The van der Waals surface area contributed by atoms with Gasteiger partial charge in [-0.3, -0.25) is 0 Å². The van der Waals surface area contributed by atoms with E-state index < -0.39 is 0 Å². The standard InChI is InChI=1S/C11H21N2.K/c1-9-6-7-12-11(9)8-13-10-4-2-3-5-10;/h9-12H,2-8H2,1H3;/q-1;+1. The Balaban J connectivity index is 0.000000980. The van der Waals surface area contributed by atoms with Gasteiger partial charge in [-0.15, -0.1) is 12.6 Å². The van der Waals surface area contributed by atoms with E-state index in [-0.39, 0.29) is 51.4 Å². The van der Waals surface area contributed by atoms with Gasteiger partial charge in [0.2, 0.25) is 0 Å². The van der Waals surface area contributed by atoms with Crippen LogP contribution in [0.3, 0.4) is 0 Å². The minimum absolute atomic E-state index is 0. The Morgan fingerprint density at radius 3 is 2.50 bits per heavy atom. The minimum atomic E-state index is 0. The van der Waals surface area contributed by atoms with Gasteiger partial charge in [0.15, 0.2) is 0 Å². The van der Waals surface area contributed by atoms with Gasteiger partial charge >= 0.3 is 51.4 Å². The van der Waals surface area contributed by atoms with Crippen LogP contribution in [0.4, 0.5) is 0 Å². The van der Waals surface area contributed by atoms with Gasteiger partial charge in [-0.25, -0.2) is 0 Å². The van der Waals surface area contributed by atoms with E-state index in [1.165, 1.54) is 38.6 Å². The predicted octanol–water partition coefficient (Wildman–Crippen LogP) is -0.695. The van der Waals surface area contributed by atoms with Crippen molar-refractivity contribution < 1.29 is 51.4 Å². The van der Waals surface area contributed by atoms with Crippen LogP contribution in [-0.2, 0) is 0 Å². The third-order valence-electron chi connectivity index (χ3n) is 3.58. The summed E-state index contributed by atoms with van der Waals surface area (Å²) >= 11 is 0. The van der Waals surface area contributed by atoms with Crippen molar-refractivity contribution in [1.82, 2.24) is 5.32 Å². The van der Waals surface area contributed by atoms with Gasteiger partial charge in [0.1, 0.15) is 0 Å². The number of rotatable bonds is 3. The summed E-state index contributed by atoms with van der Waals surface area (Å²) in [5.41, 5.74) is 0. The number of nitrogens with zero attached hydrogens (tertiary/aromatic N) is 1. The van der Waals surface area contributed by atoms with Gasteiger partial charge < -0.3 is 10.6 Å². The van der Waals surface area contributed by atoms with E-state index in [1.807, 2.05) is 0 Å². The maximum atomic E-state index is 4.79. The molecule has 76 valence electrons. The Kier molecular flexibility index (Phi) is 6.81. The van der Waals surface area contributed by atoms with Crippen molar-refractivity contribution in [1.29, 1.82) is 0 Å². The first-order valence-electron chi connectivity index (χ1n) is 5.76. The summed E-state index contributed by atoms with van der Waals surface area (Å²) in [4.78, 5) is 0. The molecule has 0 radical (unpaired) electrons. The molecule has 0 amide bonds. The Morgan fingerprint density at radius 2 is 1.93 bits per heavy atom. The average Bonchev–Trinajstić information content (AvgIpc) is 2.72. The van der Waals surface area contributed by atoms with Gasteiger partial charge in [0.05, 0.1) is 0 Å². The third kappa shape index (κ3) is 3.85. The van der Waals surface area contributed by atoms with Crippen molar-refractivity contribution in [2.75, 3.05) is 13.1 Å². The average molecular weight is 220 g/mol. The molecule has 1 N–H and O–H groups in total. The molecule has 1 aliphatic carbocycles. The van der Waals surface area contributed by atoms with Crippen LogP contribution in [0.25, 0.3) is 5.32 Å². The van der Waals surface area contributed by atoms with Crippen LogP contribution in [0.2, 0.25) is 0 Å². The summed E-state index contributed by atoms with van der Waals surface area (Å²) < 4.78 is 0. The zero-order valence-electron chi connectivity index (χ0n) is 9.63. The van der Waals surface area contributed by atoms with E-state index in [0.29, 0.717) is 12.1 Å². The van der Waals surface area contributed by atoms with Crippen molar-refractivity contribution in [3.63, 3.8) is 0 Å². The summed E-state index contributed by atoms with van der Waals surface area (Å²) in [6.07, 6.45) is 6.84. The second-order valence-corrected chi connectivity index (χ2v) is 4.63. The molecule has 14 heavy (non-hydrogen) atoms. The van der Waals surface area contributed by atoms with Crippen molar-refractivity contribution in [3.8, 4) is 0 Å². The minimum Gasteiger partial charge on any atom is -0.658 e. The summed E-state index contributed by atoms with van der Waals surface area (Å²) in [6, 6.07) is 1.38. The zero-order chi connectivity index (χ0) is 9.10. The molecule has 1 saturated heterocycles. The van der Waals surface area contributed by atoms with Crippen molar-refractivity contribution >= 4 is 0 Å². The Labute approximate surface area is 130 Å². The van der Waals surface area contributed by atoms with E-state index in [9.17, 15) is 0 Å². The Bertz CT molecular complexity index is 157. The molecular formula is C11H21KN2. The first kappa shape index (κ1) is 13.6. The molecule has 0 aromatic rings. The third-order valence-corrected chi connectivity index (χ3v) is 3.58. The van der Waals surface area contributed by atoms with Gasteiger partial charge in [-0.05, 0) is 24.9 Å². The molecule has 1 heterocycles. The molecule has 2 fully saturated rings. The fraction of sp³-hybridized carbons (Fsp3) is 1.00. The second-order valence-electron chi connectivity index (χ2n) is 4.63. The molecule has 0 spiro atoms. The molecule has 2 aliphatic rings. The Hall–Kier alpha value is 1.56. The molecule has 0 aromatic heterocycles. The molecule has 1 saturated carbocycles. The van der Waals surface area contributed by atoms with Gasteiger partial charge in [-0.2, -0.15) is 0 Å². The van der Waals surface area contributed by atoms with Crippen LogP contribution >= 0.6 is 0 Å². The normalized spacial score (nSPS) is 33.2. The number of hydrogen-bond donors (Lipinski definition) is 1. The first-order valence-corrected chi connectivity index (χ1v) is 5.76. The molecular weight excluding hydrogens is 199 g/mol. The fourth-order valence-corrected chi connectivity index (χ4v) is 2.49. The Morgan fingerprint density at radius 1 is 1.21 bits per heavy atom. The topological polar surface area (TPSA) is 26.1 Å². The van der Waals surface area contributed by atoms with Crippen LogP contribution in [0.5, 0.6) is 0 Å². The second kappa shape index (κ2) is 6.99. The molecule has 2 unspecified atom stereocenters. The maximum Gasteiger partial charge on any atom is 1.00 e. The SMILES string of the molecule is CC1CCNC1C[N-]C1CCCC1.[K+]. The monoisotopic (exact) mass is 220 g/mol. The van der Waals surface area contributed by atoms with Crippen molar-refractivity contribution in [2.24, 2.45) is 5.92 Å². The predicted molar refractivity (Wildman–Crippen MR) is 56.1 cm³/mol.